The Morgan fingerprint density at radius 3 is 2.15 bits per heavy atom. The van der Waals surface area contributed by atoms with E-state index >= 15 is 0 Å². The van der Waals surface area contributed by atoms with Crippen molar-refractivity contribution in [3.63, 3.8) is 0 Å². The van der Waals surface area contributed by atoms with E-state index in [1.54, 1.807) is 73.7 Å². The topological polar surface area (TPSA) is 90.0 Å². The number of amides is 1. The molecular formula is C26H27NO6S. The fraction of sp³-hybridized carbons (Fsp3) is 0.231. The number of benzene rings is 3. The zero-order valence-corrected chi connectivity index (χ0v) is 20.3. The van der Waals surface area contributed by atoms with Gasteiger partial charge in [0.25, 0.3) is 0 Å². The van der Waals surface area contributed by atoms with Crippen molar-refractivity contribution in [1.29, 1.82) is 0 Å². The Balaban J connectivity index is 1.93. The number of ketones is 1. The van der Waals surface area contributed by atoms with E-state index in [0.29, 0.717) is 33.8 Å². The minimum Gasteiger partial charge on any atom is -0.493 e. The largest absolute Gasteiger partial charge is 0.493 e. The maximum Gasteiger partial charge on any atom is 0.243 e. The molecule has 0 radical (unpaired) electrons. The van der Waals surface area contributed by atoms with Gasteiger partial charge in [-0.15, -0.1) is 0 Å². The second kappa shape index (κ2) is 10.5. The second-order valence-electron chi connectivity index (χ2n) is 7.80. The SMILES string of the molecule is COc1cccc(CN(C(=O)C(C)c2cccc(C(=O)c3ccccc3)c2)S(C)(=O)=O)c1OC. The van der Waals surface area contributed by atoms with Gasteiger partial charge in [-0.25, -0.2) is 12.7 Å². The highest BCUT2D eigenvalue weighted by Gasteiger charge is 2.30. The average Bonchev–Trinajstić information content (AvgIpc) is 2.85. The summed E-state index contributed by atoms with van der Waals surface area (Å²) in [5.74, 6) is -0.814. The maximum absolute atomic E-state index is 13.4. The average molecular weight is 482 g/mol. The predicted octanol–water partition coefficient (Wildman–Crippen LogP) is 4.03. The summed E-state index contributed by atoms with van der Waals surface area (Å²) >= 11 is 0. The Hall–Kier alpha value is -3.65. The molecule has 3 aromatic rings. The van der Waals surface area contributed by atoms with Crippen LogP contribution in [0.5, 0.6) is 11.5 Å². The molecule has 7 nitrogen and oxygen atoms in total. The minimum absolute atomic E-state index is 0.178. The van der Waals surface area contributed by atoms with Crippen molar-refractivity contribution in [2.45, 2.75) is 19.4 Å². The molecule has 0 aliphatic rings. The van der Waals surface area contributed by atoms with Gasteiger partial charge in [0.15, 0.2) is 17.3 Å². The second-order valence-corrected chi connectivity index (χ2v) is 9.71. The predicted molar refractivity (Wildman–Crippen MR) is 130 cm³/mol. The summed E-state index contributed by atoms with van der Waals surface area (Å²) in [4.78, 5) is 26.2. The highest BCUT2D eigenvalue weighted by molar-refractivity contribution is 7.88. The smallest absolute Gasteiger partial charge is 0.243 e. The number of nitrogens with zero attached hydrogens (tertiary/aromatic N) is 1. The fourth-order valence-corrected chi connectivity index (χ4v) is 4.51. The van der Waals surface area contributed by atoms with E-state index in [0.717, 1.165) is 10.6 Å². The molecular weight excluding hydrogens is 454 g/mol. The summed E-state index contributed by atoms with van der Waals surface area (Å²) in [7, 11) is -0.980. The van der Waals surface area contributed by atoms with Crippen LogP contribution in [0.2, 0.25) is 0 Å². The molecule has 178 valence electrons. The molecule has 0 saturated carbocycles. The molecule has 0 saturated heterocycles. The van der Waals surface area contributed by atoms with Crippen molar-refractivity contribution >= 4 is 21.7 Å². The van der Waals surface area contributed by atoms with Crippen LogP contribution in [-0.4, -0.2) is 44.9 Å². The van der Waals surface area contributed by atoms with Crippen molar-refractivity contribution in [1.82, 2.24) is 4.31 Å². The summed E-state index contributed by atoms with van der Waals surface area (Å²) in [6.07, 6.45) is 0.986. The Bertz CT molecular complexity index is 1290. The van der Waals surface area contributed by atoms with E-state index in [-0.39, 0.29) is 12.3 Å². The number of hydrogen-bond donors (Lipinski definition) is 0. The van der Waals surface area contributed by atoms with Crippen LogP contribution in [0.4, 0.5) is 0 Å². The fourth-order valence-electron chi connectivity index (χ4n) is 3.66. The Morgan fingerprint density at radius 2 is 1.53 bits per heavy atom. The number of para-hydroxylation sites is 1. The zero-order chi connectivity index (χ0) is 24.9. The van der Waals surface area contributed by atoms with Crippen molar-refractivity contribution in [3.8, 4) is 11.5 Å². The lowest BCUT2D eigenvalue weighted by atomic mass is 9.95. The first kappa shape index (κ1) is 25.0. The summed E-state index contributed by atoms with van der Waals surface area (Å²) in [5.41, 5.74) is 1.98. The number of carbonyl (C=O) groups excluding carboxylic acids is 2. The lowest BCUT2D eigenvalue weighted by molar-refractivity contribution is -0.128. The third-order valence-electron chi connectivity index (χ3n) is 5.50. The van der Waals surface area contributed by atoms with Gasteiger partial charge in [-0.2, -0.15) is 0 Å². The van der Waals surface area contributed by atoms with Crippen LogP contribution in [0.15, 0.2) is 72.8 Å². The minimum atomic E-state index is -3.91. The normalized spacial score (nSPS) is 12.0. The zero-order valence-electron chi connectivity index (χ0n) is 19.5. The van der Waals surface area contributed by atoms with Crippen LogP contribution >= 0.6 is 0 Å². The molecule has 1 atom stereocenters. The van der Waals surface area contributed by atoms with E-state index < -0.39 is 21.8 Å². The number of ether oxygens (including phenoxy) is 2. The van der Waals surface area contributed by atoms with Crippen molar-refractivity contribution in [2.24, 2.45) is 0 Å². The molecule has 1 amide bonds. The van der Waals surface area contributed by atoms with E-state index in [1.165, 1.54) is 14.2 Å². The number of methoxy groups -OCH3 is 2. The first-order valence-corrected chi connectivity index (χ1v) is 12.4. The molecule has 3 aromatic carbocycles. The number of carbonyl (C=O) groups is 2. The molecule has 1 unspecified atom stereocenters. The van der Waals surface area contributed by atoms with Crippen molar-refractivity contribution in [2.75, 3.05) is 20.5 Å². The van der Waals surface area contributed by atoms with Gasteiger partial charge in [0.1, 0.15) is 0 Å². The van der Waals surface area contributed by atoms with Gasteiger partial charge < -0.3 is 9.47 Å². The molecule has 0 aliphatic carbocycles. The number of rotatable bonds is 9. The van der Waals surface area contributed by atoms with Crippen molar-refractivity contribution < 1.29 is 27.5 Å². The standard InChI is InChI=1S/C26H27NO6S/c1-18(20-12-8-13-21(16-20)24(28)19-10-6-5-7-11-19)26(29)27(34(4,30)31)17-22-14-9-15-23(32-2)25(22)33-3/h5-16,18H,17H2,1-4H3. The number of sulfonamides is 1. The van der Waals surface area contributed by atoms with Crippen molar-refractivity contribution in [3.05, 3.63) is 95.1 Å². The summed E-state index contributed by atoms with van der Waals surface area (Å²) in [5, 5.41) is 0. The Labute approximate surface area is 200 Å². The van der Waals surface area contributed by atoms with Crippen LogP contribution in [0, 0.1) is 0 Å². The molecule has 34 heavy (non-hydrogen) atoms. The molecule has 0 N–H and O–H groups in total. The molecule has 0 spiro atoms. The maximum atomic E-state index is 13.4. The van der Waals surface area contributed by atoms with Gasteiger partial charge in [-0.1, -0.05) is 60.7 Å². The third-order valence-corrected chi connectivity index (χ3v) is 6.61. The number of hydrogen-bond acceptors (Lipinski definition) is 6. The van der Waals surface area contributed by atoms with Gasteiger partial charge in [0, 0.05) is 16.7 Å². The molecule has 0 bridgehead atoms. The van der Waals surface area contributed by atoms with E-state index in [4.69, 9.17) is 9.47 Å². The Morgan fingerprint density at radius 1 is 0.882 bits per heavy atom. The van der Waals surface area contributed by atoms with Crippen LogP contribution in [0.3, 0.4) is 0 Å². The lowest BCUT2D eigenvalue weighted by Crippen LogP contribution is -2.38. The van der Waals surface area contributed by atoms with E-state index in [9.17, 15) is 18.0 Å². The van der Waals surface area contributed by atoms with E-state index in [1.807, 2.05) is 6.07 Å². The van der Waals surface area contributed by atoms with Crippen LogP contribution < -0.4 is 9.47 Å². The third kappa shape index (κ3) is 5.46. The molecule has 0 fully saturated rings. The molecule has 0 heterocycles. The molecule has 0 aliphatic heterocycles. The van der Waals surface area contributed by atoms with Gasteiger partial charge >= 0.3 is 0 Å². The van der Waals surface area contributed by atoms with Gasteiger partial charge in [-0.05, 0) is 24.6 Å². The summed E-state index contributed by atoms with van der Waals surface area (Å²) < 4.78 is 36.7. The van der Waals surface area contributed by atoms with Crippen LogP contribution in [0.25, 0.3) is 0 Å². The summed E-state index contributed by atoms with van der Waals surface area (Å²) in [6.45, 7) is 1.40. The van der Waals surface area contributed by atoms with Gasteiger partial charge in [-0.3, -0.25) is 9.59 Å². The lowest BCUT2D eigenvalue weighted by Gasteiger charge is -2.25. The van der Waals surface area contributed by atoms with E-state index in [2.05, 4.69) is 0 Å². The highest BCUT2D eigenvalue weighted by atomic mass is 32.2. The quantitative estimate of drug-likeness (QED) is 0.429. The van der Waals surface area contributed by atoms with Gasteiger partial charge in [0.05, 0.1) is 32.9 Å². The first-order valence-electron chi connectivity index (χ1n) is 10.6. The molecule has 3 rings (SSSR count). The highest BCUT2D eigenvalue weighted by Crippen LogP contribution is 2.33. The molecule has 0 aromatic heterocycles. The summed E-state index contributed by atoms with van der Waals surface area (Å²) in [6, 6.07) is 20.6. The molecule has 8 heteroatoms. The first-order chi connectivity index (χ1) is 16.2. The Kier molecular flexibility index (Phi) is 7.73. The monoisotopic (exact) mass is 481 g/mol. The van der Waals surface area contributed by atoms with Crippen LogP contribution in [-0.2, 0) is 21.4 Å². The van der Waals surface area contributed by atoms with Crippen LogP contribution in [0.1, 0.15) is 39.9 Å². The van der Waals surface area contributed by atoms with Gasteiger partial charge in [0.2, 0.25) is 15.9 Å².